The summed E-state index contributed by atoms with van der Waals surface area (Å²) < 4.78 is 25.1. The van der Waals surface area contributed by atoms with Crippen LogP contribution < -0.4 is 15.4 Å². The Balaban J connectivity index is 1.46. The number of aryl methyl sites for hydroxylation is 1. The van der Waals surface area contributed by atoms with Gasteiger partial charge in [-0.2, -0.15) is 4.98 Å². The Morgan fingerprint density at radius 3 is 2.70 bits per heavy atom. The van der Waals surface area contributed by atoms with Crippen LogP contribution in [0.15, 0.2) is 52.4 Å². The highest BCUT2D eigenvalue weighted by atomic mass is 32.1. The van der Waals surface area contributed by atoms with Crippen molar-refractivity contribution < 1.29 is 23.2 Å². The molecule has 2 heterocycles. The van der Waals surface area contributed by atoms with Crippen LogP contribution >= 0.6 is 11.3 Å². The summed E-state index contributed by atoms with van der Waals surface area (Å²) in [6.07, 6.45) is 0. The summed E-state index contributed by atoms with van der Waals surface area (Å²) in [5.41, 5.74) is 1.25. The molecule has 0 aliphatic carbocycles. The zero-order valence-corrected chi connectivity index (χ0v) is 18.4. The van der Waals surface area contributed by atoms with Crippen LogP contribution in [0, 0.1) is 12.7 Å². The normalized spacial score (nSPS) is 10.6. The molecule has 0 aliphatic heterocycles. The molecule has 0 radical (unpaired) electrons. The summed E-state index contributed by atoms with van der Waals surface area (Å²) in [6, 6.07) is 11.0. The lowest BCUT2D eigenvalue weighted by atomic mass is 10.1. The van der Waals surface area contributed by atoms with E-state index in [0.29, 0.717) is 39.5 Å². The molecule has 4 rings (SSSR count). The Labute approximate surface area is 191 Å². The first kappa shape index (κ1) is 22.1. The number of nitrogens with one attached hydrogen (secondary N) is 2. The van der Waals surface area contributed by atoms with Crippen LogP contribution in [-0.4, -0.2) is 26.9 Å². The molecule has 2 amide bonds. The lowest BCUT2D eigenvalue weighted by molar-refractivity contribution is -0.114. The molecule has 0 saturated heterocycles. The fraction of sp³-hybridized carbons (Fsp3) is 0.136. The second-order valence-electron chi connectivity index (χ2n) is 6.88. The number of halogens is 1. The minimum absolute atomic E-state index is 0.0385. The predicted molar refractivity (Wildman–Crippen MR) is 120 cm³/mol. The highest BCUT2D eigenvalue weighted by molar-refractivity contribution is 7.14. The van der Waals surface area contributed by atoms with Gasteiger partial charge in [0, 0.05) is 30.5 Å². The van der Waals surface area contributed by atoms with E-state index in [0.717, 1.165) is 11.3 Å². The maximum absolute atomic E-state index is 14.5. The molecule has 0 saturated carbocycles. The molecule has 2 N–H and O–H groups in total. The van der Waals surface area contributed by atoms with E-state index in [9.17, 15) is 14.0 Å². The first-order chi connectivity index (χ1) is 15.9. The van der Waals surface area contributed by atoms with Gasteiger partial charge in [0.05, 0.1) is 11.3 Å². The number of carbonyl (C=O) groups is 2. The zero-order chi connectivity index (χ0) is 23.4. The summed E-state index contributed by atoms with van der Waals surface area (Å²) in [7, 11) is 0. The number of nitrogens with zero attached hydrogens (tertiary/aromatic N) is 3. The van der Waals surface area contributed by atoms with Gasteiger partial charge in [0.15, 0.2) is 11.7 Å². The van der Waals surface area contributed by atoms with Crippen LogP contribution in [0.1, 0.15) is 29.0 Å². The van der Waals surface area contributed by atoms with Gasteiger partial charge in [-0.05, 0) is 30.3 Å². The lowest BCUT2D eigenvalue weighted by Gasteiger charge is -2.09. The fourth-order valence-corrected chi connectivity index (χ4v) is 3.65. The summed E-state index contributed by atoms with van der Waals surface area (Å²) in [6.45, 7) is 3.05. The number of rotatable bonds is 7. The second-order valence-corrected chi connectivity index (χ2v) is 7.74. The topological polar surface area (TPSA) is 119 Å². The minimum Gasteiger partial charge on any atom is -0.485 e. The SMILES string of the molecule is CC(=O)Nc1ccc(-c2csc(NC(=O)c3ccccc3OCc3noc(C)n3)n2)c(F)c1. The Kier molecular flexibility index (Phi) is 6.41. The van der Waals surface area contributed by atoms with Crippen molar-refractivity contribution in [3.05, 3.63) is 70.9 Å². The van der Waals surface area contributed by atoms with Gasteiger partial charge in [-0.15, -0.1) is 11.3 Å². The molecule has 0 fully saturated rings. The number of aromatic nitrogens is 3. The molecule has 9 nitrogen and oxygen atoms in total. The van der Waals surface area contributed by atoms with E-state index >= 15 is 0 Å². The highest BCUT2D eigenvalue weighted by Gasteiger charge is 2.16. The fourth-order valence-electron chi connectivity index (χ4n) is 2.95. The van der Waals surface area contributed by atoms with Crippen molar-refractivity contribution in [3.8, 4) is 17.0 Å². The first-order valence-electron chi connectivity index (χ1n) is 9.74. The molecule has 0 atom stereocenters. The Morgan fingerprint density at radius 2 is 1.97 bits per heavy atom. The molecule has 0 spiro atoms. The van der Waals surface area contributed by atoms with E-state index in [1.807, 2.05) is 0 Å². The number of benzene rings is 2. The first-order valence-corrected chi connectivity index (χ1v) is 10.6. The molecule has 11 heteroatoms. The van der Waals surface area contributed by atoms with Crippen LogP contribution in [-0.2, 0) is 11.4 Å². The van der Waals surface area contributed by atoms with E-state index in [1.165, 1.54) is 19.1 Å². The van der Waals surface area contributed by atoms with Crippen molar-refractivity contribution in [1.82, 2.24) is 15.1 Å². The number of anilines is 2. The molecule has 168 valence electrons. The molecule has 0 bridgehead atoms. The monoisotopic (exact) mass is 467 g/mol. The largest absolute Gasteiger partial charge is 0.485 e. The Hall–Kier alpha value is -4.12. The van der Waals surface area contributed by atoms with Crippen LogP contribution in [0.2, 0.25) is 0 Å². The number of amides is 2. The third-order valence-electron chi connectivity index (χ3n) is 4.35. The summed E-state index contributed by atoms with van der Waals surface area (Å²) in [5.74, 6) is -0.150. The highest BCUT2D eigenvalue weighted by Crippen LogP contribution is 2.29. The van der Waals surface area contributed by atoms with Crippen molar-refractivity contribution in [2.24, 2.45) is 0 Å². The van der Waals surface area contributed by atoms with E-state index in [-0.39, 0.29) is 18.1 Å². The smallest absolute Gasteiger partial charge is 0.261 e. The van der Waals surface area contributed by atoms with Gasteiger partial charge in [-0.1, -0.05) is 17.3 Å². The third kappa shape index (κ3) is 5.39. The van der Waals surface area contributed by atoms with Crippen molar-refractivity contribution in [1.29, 1.82) is 0 Å². The number of thiazole rings is 1. The Morgan fingerprint density at radius 1 is 1.15 bits per heavy atom. The van der Waals surface area contributed by atoms with Gasteiger partial charge < -0.3 is 14.6 Å². The summed E-state index contributed by atoms with van der Waals surface area (Å²) in [4.78, 5) is 32.3. The zero-order valence-electron chi connectivity index (χ0n) is 17.6. The molecule has 0 aliphatic rings. The van der Waals surface area contributed by atoms with Crippen molar-refractivity contribution in [2.75, 3.05) is 10.6 Å². The average molecular weight is 467 g/mol. The average Bonchev–Trinajstić information content (AvgIpc) is 3.41. The quantitative estimate of drug-likeness (QED) is 0.413. The number of hydrogen-bond donors (Lipinski definition) is 2. The standard InChI is InChI=1S/C22H18FN5O4S/c1-12(29)24-14-7-8-15(17(23)9-14)18-11-33-22(26-18)27-21(30)16-5-3-4-6-19(16)31-10-20-25-13(2)32-28-20/h3-9,11H,10H2,1-2H3,(H,24,29)(H,26,27,30). The van der Waals surface area contributed by atoms with Gasteiger partial charge in [0.2, 0.25) is 17.6 Å². The molecule has 4 aromatic rings. The maximum atomic E-state index is 14.5. The van der Waals surface area contributed by atoms with Crippen molar-refractivity contribution in [3.63, 3.8) is 0 Å². The van der Waals surface area contributed by atoms with Crippen LogP contribution in [0.4, 0.5) is 15.2 Å². The number of ether oxygens (including phenoxy) is 1. The van der Waals surface area contributed by atoms with Crippen molar-refractivity contribution >= 4 is 34.0 Å². The van der Waals surface area contributed by atoms with Gasteiger partial charge in [-0.3, -0.25) is 14.9 Å². The number of hydrogen-bond acceptors (Lipinski definition) is 8. The van der Waals surface area contributed by atoms with Crippen molar-refractivity contribution in [2.45, 2.75) is 20.5 Å². The van der Waals surface area contributed by atoms with Crippen LogP contribution in [0.25, 0.3) is 11.3 Å². The molecular formula is C22H18FN5O4S. The van der Waals surface area contributed by atoms with Gasteiger partial charge in [0.1, 0.15) is 11.6 Å². The molecular weight excluding hydrogens is 449 g/mol. The molecule has 2 aromatic carbocycles. The molecule has 0 unspecified atom stereocenters. The second kappa shape index (κ2) is 9.57. The Bertz CT molecular complexity index is 1320. The molecule has 2 aromatic heterocycles. The van der Waals surface area contributed by atoms with E-state index in [2.05, 4.69) is 25.8 Å². The summed E-state index contributed by atoms with van der Waals surface area (Å²) >= 11 is 1.16. The number of para-hydroxylation sites is 1. The maximum Gasteiger partial charge on any atom is 0.261 e. The van der Waals surface area contributed by atoms with E-state index in [4.69, 9.17) is 9.26 Å². The summed E-state index contributed by atoms with van der Waals surface area (Å²) in [5, 5.41) is 10.9. The predicted octanol–water partition coefficient (Wildman–Crippen LogP) is 4.43. The van der Waals surface area contributed by atoms with Crippen LogP contribution in [0.3, 0.4) is 0 Å². The minimum atomic E-state index is -0.542. The third-order valence-corrected chi connectivity index (χ3v) is 5.11. The number of carbonyl (C=O) groups excluding carboxylic acids is 2. The van der Waals surface area contributed by atoms with Gasteiger partial charge >= 0.3 is 0 Å². The van der Waals surface area contributed by atoms with E-state index < -0.39 is 11.7 Å². The van der Waals surface area contributed by atoms with E-state index in [1.54, 1.807) is 42.6 Å². The molecule has 33 heavy (non-hydrogen) atoms. The lowest BCUT2D eigenvalue weighted by Crippen LogP contribution is -2.13. The van der Waals surface area contributed by atoms with Gasteiger partial charge in [-0.25, -0.2) is 9.37 Å². The van der Waals surface area contributed by atoms with Crippen LogP contribution in [0.5, 0.6) is 5.75 Å². The van der Waals surface area contributed by atoms with Gasteiger partial charge in [0.25, 0.3) is 5.91 Å².